The zero-order valence-electron chi connectivity index (χ0n) is 12.2. The van der Waals surface area contributed by atoms with Crippen molar-refractivity contribution in [3.8, 4) is 5.75 Å². The Balaban J connectivity index is 2.64. The van der Waals surface area contributed by atoms with Gasteiger partial charge in [-0.05, 0) is 44.0 Å². The molecule has 0 spiro atoms. The minimum atomic E-state index is -0.202. The SMILES string of the molecule is COc1ccc(C(=O)C(C)NCCC(C)C)cc1N. The molecular weight excluding hydrogens is 240 g/mol. The largest absolute Gasteiger partial charge is 0.495 e. The second kappa shape index (κ2) is 7.14. The lowest BCUT2D eigenvalue weighted by atomic mass is 10.0. The van der Waals surface area contributed by atoms with E-state index < -0.39 is 0 Å². The van der Waals surface area contributed by atoms with Crippen LogP contribution < -0.4 is 15.8 Å². The van der Waals surface area contributed by atoms with Gasteiger partial charge in [-0.3, -0.25) is 4.79 Å². The van der Waals surface area contributed by atoms with Gasteiger partial charge in [-0.1, -0.05) is 13.8 Å². The number of benzene rings is 1. The van der Waals surface area contributed by atoms with Crippen molar-refractivity contribution in [2.75, 3.05) is 19.4 Å². The lowest BCUT2D eigenvalue weighted by molar-refractivity contribution is 0.0950. The molecule has 4 nitrogen and oxygen atoms in total. The van der Waals surface area contributed by atoms with Crippen LogP contribution in [-0.4, -0.2) is 25.5 Å². The summed E-state index contributed by atoms with van der Waals surface area (Å²) in [6, 6.07) is 4.94. The molecule has 0 aliphatic heterocycles. The van der Waals surface area contributed by atoms with Crippen molar-refractivity contribution in [3.05, 3.63) is 23.8 Å². The van der Waals surface area contributed by atoms with Gasteiger partial charge in [0.05, 0.1) is 18.8 Å². The Morgan fingerprint density at radius 2 is 2.05 bits per heavy atom. The number of anilines is 1. The molecular formula is C15H24N2O2. The van der Waals surface area contributed by atoms with E-state index in [9.17, 15) is 4.79 Å². The first-order valence-electron chi connectivity index (χ1n) is 6.66. The van der Waals surface area contributed by atoms with Gasteiger partial charge in [0.2, 0.25) is 0 Å². The van der Waals surface area contributed by atoms with E-state index in [4.69, 9.17) is 10.5 Å². The number of nitrogens with one attached hydrogen (secondary N) is 1. The summed E-state index contributed by atoms with van der Waals surface area (Å²) < 4.78 is 5.08. The van der Waals surface area contributed by atoms with Crippen LogP contribution >= 0.6 is 0 Å². The Bertz CT molecular complexity index is 430. The van der Waals surface area contributed by atoms with Crippen molar-refractivity contribution in [1.82, 2.24) is 5.32 Å². The topological polar surface area (TPSA) is 64.3 Å². The van der Waals surface area contributed by atoms with Gasteiger partial charge in [-0.2, -0.15) is 0 Å². The molecule has 1 rings (SSSR count). The van der Waals surface area contributed by atoms with Crippen molar-refractivity contribution in [2.45, 2.75) is 33.2 Å². The van der Waals surface area contributed by atoms with Crippen LogP contribution in [0.25, 0.3) is 0 Å². The third-order valence-corrected chi connectivity index (χ3v) is 3.08. The number of ether oxygens (including phenoxy) is 1. The van der Waals surface area contributed by atoms with Gasteiger partial charge in [0.25, 0.3) is 0 Å². The third kappa shape index (κ3) is 4.56. The molecule has 1 atom stereocenters. The van der Waals surface area contributed by atoms with Gasteiger partial charge in [-0.25, -0.2) is 0 Å². The summed E-state index contributed by atoms with van der Waals surface area (Å²) in [5, 5.41) is 3.24. The Morgan fingerprint density at radius 1 is 1.37 bits per heavy atom. The molecule has 0 saturated carbocycles. The fourth-order valence-corrected chi connectivity index (χ4v) is 1.82. The maximum atomic E-state index is 12.2. The molecule has 1 aromatic rings. The van der Waals surface area contributed by atoms with Crippen LogP contribution in [0.5, 0.6) is 5.75 Å². The summed E-state index contributed by atoms with van der Waals surface area (Å²) in [6.07, 6.45) is 1.06. The smallest absolute Gasteiger partial charge is 0.179 e. The molecule has 0 bridgehead atoms. The molecule has 106 valence electrons. The quantitative estimate of drug-likeness (QED) is 0.586. The molecule has 19 heavy (non-hydrogen) atoms. The molecule has 1 unspecified atom stereocenters. The van der Waals surface area contributed by atoms with Crippen molar-refractivity contribution >= 4 is 11.5 Å². The van der Waals surface area contributed by atoms with Gasteiger partial charge < -0.3 is 15.8 Å². The molecule has 0 radical (unpaired) electrons. The lowest BCUT2D eigenvalue weighted by Gasteiger charge is -2.14. The first-order chi connectivity index (χ1) is 8.95. The van der Waals surface area contributed by atoms with E-state index in [1.165, 1.54) is 0 Å². The zero-order valence-corrected chi connectivity index (χ0v) is 12.2. The van der Waals surface area contributed by atoms with Crippen LogP contribution in [0.2, 0.25) is 0 Å². The van der Waals surface area contributed by atoms with E-state index in [0.29, 0.717) is 22.9 Å². The number of hydrogen-bond donors (Lipinski definition) is 2. The van der Waals surface area contributed by atoms with Gasteiger partial charge in [0.1, 0.15) is 5.75 Å². The molecule has 0 saturated heterocycles. The second-order valence-electron chi connectivity index (χ2n) is 5.18. The van der Waals surface area contributed by atoms with E-state index >= 15 is 0 Å². The summed E-state index contributed by atoms with van der Waals surface area (Å²) in [5.74, 6) is 1.28. The Kier molecular flexibility index (Phi) is 5.83. The average Bonchev–Trinajstić information content (AvgIpc) is 2.37. The highest BCUT2D eigenvalue weighted by atomic mass is 16.5. The molecule has 0 aliphatic carbocycles. The van der Waals surface area contributed by atoms with Crippen molar-refractivity contribution in [1.29, 1.82) is 0 Å². The zero-order chi connectivity index (χ0) is 14.4. The number of Topliss-reactive ketones (excluding diaryl/α,β-unsaturated/α-hetero) is 1. The number of ketones is 1. The van der Waals surface area contributed by atoms with Gasteiger partial charge in [0.15, 0.2) is 5.78 Å². The highest BCUT2D eigenvalue weighted by molar-refractivity contribution is 6.00. The average molecular weight is 264 g/mol. The van der Waals surface area contributed by atoms with Crippen molar-refractivity contribution in [2.24, 2.45) is 5.92 Å². The maximum Gasteiger partial charge on any atom is 0.179 e. The lowest BCUT2D eigenvalue weighted by Crippen LogP contribution is -2.35. The summed E-state index contributed by atoms with van der Waals surface area (Å²) in [4.78, 5) is 12.2. The van der Waals surface area contributed by atoms with Gasteiger partial charge in [0, 0.05) is 5.56 Å². The Morgan fingerprint density at radius 3 is 2.58 bits per heavy atom. The summed E-state index contributed by atoms with van der Waals surface area (Å²) in [6.45, 7) is 7.05. The van der Waals surface area contributed by atoms with E-state index in [2.05, 4.69) is 19.2 Å². The predicted molar refractivity (Wildman–Crippen MR) is 78.7 cm³/mol. The molecule has 3 N–H and O–H groups in total. The molecule has 4 heteroatoms. The van der Waals surface area contributed by atoms with Gasteiger partial charge >= 0.3 is 0 Å². The molecule has 0 aliphatic rings. The monoisotopic (exact) mass is 264 g/mol. The standard InChI is InChI=1S/C15H24N2O2/c1-10(2)7-8-17-11(3)15(18)12-5-6-14(19-4)13(16)9-12/h5-6,9-11,17H,7-8,16H2,1-4H3. The van der Waals surface area contributed by atoms with Crippen LogP contribution in [-0.2, 0) is 0 Å². The molecule has 0 aromatic heterocycles. The number of nitrogens with two attached hydrogens (primary N) is 1. The number of hydrogen-bond acceptors (Lipinski definition) is 4. The first kappa shape index (κ1) is 15.5. The Labute approximate surface area is 115 Å². The van der Waals surface area contributed by atoms with Crippen LogP contribution in [0, 0.1) is 5.92 Å². The molecule has 0 heterocycles. The second-order valence-corrected chi connectivity index (χ2v) is 5.18. The highest BCUT2D eigenvalue weighted by Crippen LogP contribution is 2.22. The van der Waals surface area contributed by atoms with E-state index in [1.807, 2.05) is 6.92 Å². The number of rotatable bonds is 7. The Hall–Kier alpha value is -1.55. The number of carbonyl (C=O) groups is 1. The number of methoxy groups -OCH3 is 1. The summed E-state index contributed by atoms with van der Waals surface area (Å²) in [7, 11) is 1.56. The van der Waals surface area contributed by atoms with Crippen molar-refractivity contribution in [3.63, 3.8) is 0 Å². The number of carbonyl (C=O) groups excluding carboxylic acids is 1. The fourth-order valence-electron chi connectivity index (χ4n) is 1.82. The third-order valence-electron chi connectivity index (χ3n) is 3.08. The van der Waals surface area contributed by atoms with Crippen molar-refractivity contribution < 1.29 is 9.53 Å². The van der Waals surface area contributed by atoms with Gasteiger partial charge in [-0.15, -0.1) is 0 Å². The summed E-state index contributed by atoms with van der Waals surface area (Å²) in [5.41, 5.74) is 6.91. The summed E-state index contributed by atoms with van der Waals surface area (Å²) >= 11 is 0. The minimum Gasteiger partial charge on any atom is -0.495 e. The molecule has 0 amide bonds. The highest BCUT2D eigenvalue weighted by Gasteiger charge is 2.15. The van der Waals surface area contributed by atoms with Crippen LogP contribution in [0.15, 0.2) is 18.2 Å². The maximum absolute atomic E-state index is 12.2. The normalized spacial score (nSPS) is 12.5. The fraction of sp³-hybridized carbons (Fsp3) is 0.533. The molecule has 0 fully saturated rings. The van der Waals surface area contributed by atoms with Crippen LogP contribution in [0.3, 0.4) is 0 Å². The van der Waals surface area contributed by atoms with E-state index in [-0.39, 0.29) is 11.8 Å². The molecule has 1 aromatic carbocycles. The van der Waals surface area contributed by atoms with E-state index in [0.717, 1.165) is 13.0 Å². The predicted octanol–water partition coefficient (Wildman–Crippen LogP) is 2.48. The minimum absolute atomic E-state index is 0.0538. The van der Waals surface area contributed by atoms with Crippen LogP contribution in [0.4, 0.5) is 5.69 Å². The van der Waals surface area contributed by atoms with Crippen LogP contribution in [0.1, 0.15) is 37.6 Å². The number of nitrogen functional groups attached to an aromatic ring is 1. The first-order valence-corrected chi connectivity index (χ1v) is 6.66. The van der Waals surface area contributed by atoms with E-state index in [1.54, 1.807) is 25.3 Å².